The van der Waals surface area contributed by atoms with Crippen LogP contribution in [-0.2, 0) is 21.2 Å². The lowest BCUT2D eigenvalue weighted by atomic mass is 10.1. The summed E-state index contributed by atoms with van der Waals surface area (Å²) in [5, 5.41) is 0. The van der Waals surface area contributed by atoms with Crippen molar-refractivity contribution in [1.29, 1.82) is 0 Å². The average Bonchev–Trinajstić information content (AvgIpc) is 2.46. The van der Waals surface area contributed by atoms with Gasteiger partial charge in [0, 0.05) is 18.3 Å². The molecule has 21 heavy (non-hydrogen) atoms. The molecule has 0 amide bonds. The molecule has 116 valence electrons. The summed E-state index contributed by atoms with van der Waals surface area (Å²) >= 11 is 0. The third-order valence-corrected chi connectivity index (χ3v) is 5.90. The van der Waals surface area contributed by atoms with Crippen molar-refractivity contribution in [2.75, 3.05) is 32.1 Å². The lowest BCUT2D eigenvalue weighted by Gasteiger charge is -2.33. The van der Waals surface area contributed by atoms with Crippen LogP contribution in [-0.4, -0.2) is 45.1 Å². The number of anilines is 1. The van der Waals surface area contributed by atoms with E-state index in [0.29, 0.717) is 37.8 Å². The first kappa shape index (κ1) is 14.6. The van der Waals surface area contributed by atoms with E-state index in [1.165, 1.54) is 10.4 Å². The fourth-order valence-electron chi connectivity index (χ4n) is 2.86. The number of morpholine rings is 1. The number of benzene rings is 1. The molecule has 2 heterocycles. The second kappa shape index (κ2) is 5.47. The van der Waals surface area contributed by atoms with Crippen LogP contribution in [0.25, 0.3) is 0 Å². The van der Waals surface area contributed by atoms with Crippen molar-refractivity contribution in [2.24, 2.45) is 0 Å². The zero-order chi connectivity index (χ0) is 15.0. The number of sulfonamides is 1. The molecule has 1 unspecified atom stereocenters. The van der Waals surface area contributed by atoms with Crippen LogP contribution in [0, 0.1) is 0 Å². The van der Waals surface area contributed by atoms with Gasteiger partial charge in [0.15, 0.2) is 0 Å². The number of fused-ring (bicyclic) bond motifs is 1. The summed E-state index contributed by atoms with van der Waals surface area (Å²) in [6, 6.07) is 3.11. The van der Waals surface area contributed by atoms with Crippen molar-refractivity contribution in [3.8, 4) is 5.75 Å². The Morgan fingerprint density at radius 2 is 2.14 bits per heavy atom. The quantitative estimate of drug-likeness (QED) is 0.824. The van der Waals surface area contributed by atoms with Gasteiger partial charge in [-0.2, -0.15) is 4.31 Å². The molecule has 0 saturated carbocycles. The monoisotopic (exact) mass is 312 g/mol. The molecule has 2 N–H and O–H groups in total. The Labute approximate surface area is 124 Å². The largest absolute Gasteiger partial charge is 0.492 e. The molecule has 1 atom stereocenters. The molecule has 1 fully saturated rings. The fraction of sp³-hybridized carbons (Fsp3) is 0.571. The third kappa shape index (κ3) is 2.61. The van der Waals surface area contributed by atoms with Crippen LogP contribution in [0.1, 0.15) is 18.9 Å². The van der Waals surface area contributed by atoms with Crippen molar-refractivity contribution in [3.05, 3.63) is 17.7 Å². The molecule has 1 saturated heterocycles. The molecule has 7 heteroatoms. The van der Waals surface area contributed by atoms with Gasteiger partial charge in [-0.25, -0.2) is 8.42 Å². The highest BCUT2D eigenvalue weighted by Crippen LogP contribution is 2.36. The number of ether oxygens (including phenoxy) is 2. The molecule has 0 aliphatic carbocycles. The highest BCUT2D eigenvalue weighted by molar-refractivity contribution is 7.89. The van der Waals surface area contributed by atoms with Crippen molar-refractivity contribution in [1.82, 2.24) is 4.31 Å². The lowest BCUT2D eigenvalue weighted by Crippen LogP contribution is -2.47. The van der Waals surface area contributed by atoms with Crippen LogP contribution >= 0.6 is 0 Å². The Kier molecular flexibility index (Phi) is 3.81. The summed E-state index contributed by atoms with van der Waals surface area (Å²) < 4.78 is 38.3. The SMILES string of the molecule is CC1COCCN1S(=O)(=O)c1cc(N)cc2c1OCCC2. The standard InChI is InChI=1S/C14H20N2O4S/c1-10-9-19-6-4-16(10)21(17,18)13-8-12(15)7-11-3-2-5-20-14(11)13/h7-8,10H,2-6,9,15H2,1H3. The van der Waals surface area contributed by atoms with Crippen LogP contribution < -0.4 is 10.5 Å². The second-order valence-electron chi connectivity index (χ2n) is 5.50. The van der Waals surface area contributed by atoms with Crippen molar-refractivity contribution < 1.29 is 17.9 Å². The molecule has 2 aliphatic rings. The van der Waals surface area contributed by atoms with Gasteiger partial charge in [0.25, 0.3) is 0 Å². The number of aryl methyl sites for hydroxylation is 1. The minimum Gasteiger partial charge on any atom is -0.492 e. The van der Waals surface area contributed by atoms with Crippen LogP contribution in [0.3, 0.4) is 0 Å². The molecular weight excluding hydrogens is 292 g/mol. The van der Waals surface area contributed by atoms with E-state index in [0.717, 1.165) is 18.4 Å². The first-order valence-corrected chi connectivity index (χ1v) is 8.59. The molecule has 6 nitrogen and oxygen atoms in total. The van der Waals surface area contributed by atoms with E-state index in [-0.39, 0.29) is 10.9 Å². The highest BCUT2D eigenvalue weighted by Gasteiger charge is 2.35. The molecule has 0 aromatic heterocycles. The van der Waals surface area contributed by atoms with Gasteiger partial charge in [0.05, 0.1) is 19.8 Å². The Morgan fingerprint density at radius 3 is 2.90 bits per heavy atom. The Balaban J connectivity index is 2.08. The summed E-state index contributed by atoms with van der Waals surface area (Å²) in [7, 11) is -3.63. The lowest BCUT2D eigenvalue weighted by molar-refractivity contribution is 0.0392. The first-order chi connectivity index (χ1) is 10.00. The van der Waals surface area contributed by atoms with E-state index in [4.69, 9.17) is 15.2 Å². The molecule has 1 aromatic rings. The zero-order valence-electron chi connectivity index (χ0n) is 12.0. The third-order valence-electron chi connectivity index (χ3n) is 3.88. The van der Waals surface area contributed by atoms with E-state index in [1.54, 1.807) is 6.07 Å². The Hall–Kier alpha value is -1.31. The topological polar surface area (TPSA) is 81.9 Å². The van der Waals surface area contributed by atoms with Crippen LogP contribution in [0.4, 0.5) is 5.69 Å². The van der Waals surface area contributed by atoms with E-state index in [1.807, 2.05) is 6.92 Å². The van der Waals surface area contributed by atoms with E-state index >= 15 is 0 Å². The minimum absolute atomic E-state index is 0.186. The minimum atomic E-state index is -3.63. The van der Waals surface area contributed by atoms with E-state index < -0.39 is 10.0 Å². The van der Waals surface area contributed by atoms with Crippen LogP contribution in [0.15, 0.2) is 17.0 Å². The van der Waals surface area contributed by atoms with Crippen LogP contribution in [0.5, 0.6) is 5.75 Å². The number of nitrogens with zero attached hydrogens (tertiary/aromatic N) is 1. The van der Waals surface area contributed by atoms with Gasteiger partial charge in [0.1, 0.15) is 10.6 Å². The number of nitrogen functional groups attached to an aromatic ring is 1. The van der Waals surface area contributed by atoms with Gasteiger partial charge in [-0.3, -0.25) is 0 Å². The fourth-order valence-corrected chi connectivity index (χ4v) is 4.67. The normalized spacial score (nSPS) is 23.4. The van der Waals surface area contributed by atoms with Gasteiger partial charge in [0.2, 0.25) is 10.0 Å². The summed E-state index contributed by atoms with van der Waals surface area (Å²) in [6.07, 6.45) is 1.67. The molecule has 0 radical (unpaired) electrons. The molecule has 2 aliphatic heterocycles. The summed E-state index contributed by atoms with van der Waals surface area (Å²) in [4.78, 5) is 0.186. The maximum atomic E-state index is 13.0. The van der Waals surface area contributed by atoms with Crippen molar-refractivity contribution in [2.45, 2.75) is 30.7 Å². The number of nitrogens with two attached hydrogens (primary N) is 1. The Morgan fingerprint density at radius 1 is 1.33 bits per heavy atom. The predicted octanol–water partition coefficient (Wildman–Crippen LogP) is 1.00. The second-order valence-corrected chi connectivity index (χ2v) is 7.36. The molecular formula is C14H20N2O4S. The van der Waals surface area contributed by atoms with E-state index in [2.05, 4.69) is 0 Å². The molecule has 0 spiro atoms. The Bertz CT molecular complexity index is 645. The summed E-state index contributed by atoms with van der Waals surface area (Å²) in [6.45, 7) is 3.56. The molecule has 3 rings (SSSR count). The summed E-state index contributed by atoms with van der Waals surface area (Å²) in [5.74, 6) is 0.467. The predicted molar refractivity (Wildman–Crippen MR) is 78.8 cm³/mol. The summed E-state index contributed by atoms with van der Waals surface area (Å²) in [5.41, 5.74) is 7.21. The maximum absolute atomic E-state index is 13.0. The maximum Gasteiger partial charge on any atom is 0.247 e. The van der Waals surface area contributed by atoms with Crippen molar-refractivity contribution in [3.63, 3.8) is 0 Å². The number of rotatable bonds is 2. The van der Waals surface area contributed by atoms with Gasteiger partial charge >= 0.3 is 0 Å². The van der Waals surface area contributed by atoms with Gasteiger partial charge in [-0.1, -0.05) is 0 Å². The van der Waals surface area contributed by atoms with Crippen LogP contribution in [0.2, 0.25) is 0 Å². The number of hydrogen-bond donors (Lipinski definition) is 1. The number of hydrogen-bond acceptors (Lipinski definition) is 5. The average molecular weight is 312 g/mol. The van der Waals surface area contributed by atoms with Gasteiger partial charge in [-0.05, 0) is 37.5 Å². The van der Waals surface area contributed by atoms with Crippen molar-refractivity contribution >= 4 is 15.7 Å². The van der Waals surface area contributed by atoms with E-state index in [9.17, 15) is 8.42 Å². The molecule has 0 bridgehead atoms. The smallest absolute Gasteiger partial charge is 0.247 e. The highest BCUT2D eigenvalue weighted by atomic mass is 32.2. The first-order valence-electron chi connectivity index (χ1n) is 7.15. The van der Waals surface area contributed by atoms with Gasteiger partial charge < -0.3 is 15.2 Å². The zero-order valence-corrected chi connectivity index (χ0v) is 12.9. The van der Waals surface area contributed by atoms with Gasteiger partial charge in [-0.15, -0.1) is 0 Å². The molecule has 1 aromatic carbocycles.